The number of halogens is 1. The predicted molar refractivity (Wildman–Crippen MR) is 208 cm³/mol. The lowest BCUT2D eigenvalue weighted by molar-refractivity contribution is -0.297. The average Bonchev–Trinajstić information content (AvgIpc) is 3.83. The fourth-order valence-electron chi connectivity index (χ4n) is 8.63. The number of nitrogens with zero attached hydrogens (tertiary/aromatic N) is 5. The highest BCUT2D eigenvalue weighted by Crippen LogP contribution is 2.41. The van der Waals surface area contributed by atoms with E-state index in [4.69, 9.17) is 23.7 Å². The number of alkyl halides is 1. The van der Waals surface area contributed by atoms with E-state index in [2.05, 4.69) is 20.4 Å². The molecule has 320 valence electrons. The van der Waals surface area contributed by atoms with Crippen molar-refractivity contribution in [2.45, 2.75) is 141 Å². The average molecular weight is 815 g/mol. The van der Waals surface area contributed by atoms with Crippen molar-refractivity contribution >= 4 is 29.7 Å². The van der Waals surface area contributed by atoms with Gasteiger partial charge in [0.2, 0.25) is 0 Å². The third kappa shape index (κ3) is 9.33. The molecule has 1 amide bonds. The molecule has 3 aliphatic heterocycles. The smallest absolute Gasteiger partial charge is 0.408 e. The first-order chi connectivity index (χ1) is 27.2. The van der Waals surface area contributed by atoms with E-state index in [9.17, 15) is 24.3 Å². The summed E-state index contributed by atoms with van der Waals surface area (Å²) in [6, 6.07) is 2.23. The molecule has 5 heterocycles. The number of fused-ring (bicyclic) bond motifs is 1. The Morgan fingerprint density at radius 1 is 1.10 bits per heavy atom. The fraction of sp³-hybridized carbons (Fsp3) is 0.683. The van der Waals surface area contributed by atoms with E-state index in [0.29, 0.717) is 18.7 Å². The number of carbonyl (C=O) groups excluding carboxylic acids is 4. The predicted octanol–water partition coefficient (Wildman–Crippen LogP) is 4.02. The molecule has 16 nitrogen and oxygen atoms in total. The van der Waals surface area contributed by atoms with Gasteiger partial charge in [-0.25, -0.2) is 28.6 Å². The van der Waals surface area contributed by atoms with Crippen LogP contribution < -0.4 is 5.32 Å². The monoisotopic (exact) mass is 814 g/mol. The van der Waals surface area contributed by atoms with Crippen LogP contribution in [-0.4, -0.2) is 134 Å². The van der Waals surface area contributed by atoms with Gasteiger partial charge in [-0.3, -0.25) is 9.59 Å². The van der Waals surface area contributed by atoms with Crippen LogP contribution in [0.25, 0.3) is 11.9 Å². The number of amides is 1. The highest BCUT2D eigenvalue weighted by Gasteiger charge is 2.59. The zero-order valence-corrected chi connectivity index (χ0v) is 35.1. The lowest BCUT2D eigenvalue weighted by atomic mass is 9.73. The van der Waals surface area contributed by atoms with Crippen molar-refractivity contribution in [3.63, 3.8) is 0 Å². The minimum atomic E-state index is -3.20. The van der Waals surface area contributed by atoms with Crippen LogP contribution in [0.4, 0.5) is 9.18 Å². The second kappa shape index (κ2) is 18.0. The van der Waals surface area contributed by atoms with Crippen molar-refractivity contribution < 1.29 is 52.4 Å². The maximum atomic E-state index is 17.0. The molecule has 2 aromatic heterocycles. The van der Waals surface area contributed by atoms with Gasteiger partial charge >= 0.3 is 12.1 Å². The number of nitrogens with one attached hydrogen (secondary N) is 1. The quantitative estimate of drug-likeness (QED) is 0.258. The van der Waals surface area contributed by atoms with Gasteiger partial charge in [0.05, 0.1) is 30.5 Å². The Balaban J connectivity index is 1.56. The Hall–Kier alpha value is -4.16. The van der Waals surface area contributed by atoms with Gasteiger partial charge in [-0.2, -0.15) is 5.10 Å². The first-order valence-electron chi connectivity index (χ1n) is 20.0. The van der Waals surface area contributed by atoms with E-state index < -0.39 is 89.2 Å². The van der Waals surface area contributed by atoms with Crippen molar-refractivity contribution in [2.75, 3.05) is 20.7 Å². The minimum Gasteiger partial charge on any atom is -0.455 e. The summed E-state index contributed by atoms with van der Waals surface area (Å²) >= 11 is 0. The van der Waals surface area contributed by atoms with Gasteiger partial charge in [0.15, 0.2) is 23.5 Å². The molecule has 3 aliphatic rings. The number of hydrogen-bond donors (Lipinski definition) is 2. The highest BCUT2D eigenvalue weighted by atomic mass is 19.1. The fourth-order valence-corrected chi connectivity index (χ4v) is 8.63. The lowest BCUT2D eigenvalue weighted by Crippen LogP contribution is -2.61. The van der Waals surface area contributed by atoms with Crippen molar-refractivity contribution in [1.82, 2.24) is 30.0 Å². The molecule has 0 unspecified atom stereocenters. The molecule has 17 heteroatoms. The van der Waals surface area contributed by atoms with E-state index in [-0.39, 0.29) is 31.3 Å². The van der Waals surface area contributed by atoms with Crippen molar-refractivity contribution in [3.8, 4) is 5.82 Å². The number of aliphatic hydroxyl groups excluding tert-OH is 1. The van der Waals surface area contributed by atoms with Crippen LogP contribution in [0.5, 0.6) is 0 Å². The van der Waals surface area contributed by atoms with Gasteiger partial charge in [0.25, 0.3) is 5.67 Å². The molecule has 0 aliphatic carbocycles. The number of carbonyl (C=O) groups is 4. The minimum absolute atomic E-state index is 0.0555. The van der Waals surface area contributed by atoms with Gasteiger partial charge in [0.1, 0.15) is 30.6 Å². The van der Waals surface area contributed by atoms with Crippen LogP contribution in [0.3, 0.4) is 0 Å². The number of ketones is 2. The summed E-state index contributed by atoms with van der Waals surface area (Å²) in [6.45, 7) is 12.4. The second-order valence-electron chi connectivity index (χ2n) is 16.8. The number of likely N-dealkylation sites (N-methyl/N-ethyl adjacent to an activating group) is 1. The van der Waals surface area contributed by atoms with Crippen LogP contribution >= 0.6 is 0 Å². The maximum Gasteiger partial charge on any atom is 0.408 e. The number of Topliss-reactive ketones (excluding diaryl/α,β-unsaturated/α-hetero) is 2. The van der Waals surface area contributed by atoms with Crippen molar-refractivity contribution in [2.24, 2.45) is 17.8 Å². The van der Waals surface area contributed by atoms with E-state index in [1.54, 1.807) is 52.1 Å². The van der Waals surface area contributed by atoms with Crippen LogP contribution in [0.15, 0.2) is 37.1 Å². The van der Waals surface area contributed by atoms with Gasteiger partial charge in [-0.05, 0) is 78.7 Å². The zero-order chi connectivity index (χ0) is 42.7. The second-order valence-corrected chi connectivity index (χ2v) is 16.8. The standard InChI is InChI=1S/C41H59FN6O10/c1-11-13-29-41(8)33(46-38(53)58-41)25(4)31(49)23(2)19-39(6,54-17-12-14-27-15-16-30(44-20-27)48-22-43-21-45-48)35(26(5)34(51)40(7,42)37(52)56-29)57-36-32(50)28(47(9)10)18-24(3)55-36/h12,14-16,20-26,28-29,32-33,35-36,50H,11,13,17-19H2,1-10H3,(H,46,53)/b14-12+/t23-,24-,25+,26+,28+,29-,32-,33+,35-,36+,39-,40+,41-/m1/s1. The van der Waals surface area contributed by atoms with Crippen LogP contribution in [0, 0.1) is 17.8 Å². The molecule has 3 fully saturated rings. The third-order valence-electron chi connectivity index (χ3n) is 11.9. The molecule has 0 bridgehead atoms. The van der Waals surface area contributed by atoms with E-state index >= 15 is 4.39 Å². The summed E-state index contributed by atoms with van der Waals surface area (Å²) in [5, 5.41) is 18.4. The molecular weight excluding hydrogens is 755 g/mol. The number of ether oxygens (including phenoxy) is 5. The number of cyclic esters (lactones) is 1. The number of pyridine rings is 1. The molecule has 0 aromatic carbocycles. The molecule has 3 saturated heterocycles. The number of aromatic nitrogens is 4. The van der Waals surface area contributed by atoms with E-state index in [1.807, 2.05) is 38.9 Å². The summed E-state index contributed by atoms with van der Waals surface area (Å²) in [4.78, 5) is 65.8. The summed E-state index contributed by atoms with van der Waals surface area (Å²) in [5.41, 5.74) is -5.60. The summed E-state index contributed by atoms with van der Waals surface area (Å²) < 4.78 is 49.4. The molecule has 0 radical (unpaired) electrons. The van der Waals surface area contributed by atoms with Crippen LogP contribution in [-0.2, 0) is 38.1 Å². The molecule has 58 heavy (non-hydrogen) atoms. The number of aliphatic hydroxyl groups is 1. The Bertz CT molecular complexity index is 1790. The molecule has 5 rings (SSSR count). The number of alkyl carbamates (subject to hydrolysis) is 1. The molecule has 0 saturated carbocycles. The summed E-state index contributed by atoms with van der Waals surface area (Å²) in [6.07, 6.45) is 2.83. The third-order valence-corrected chi connectivity index (χ3v) is 11.9. The van der Waals surface area contributed by atoms with Crippen molar-refractivity contribution in [1.29, 1.82) is 0 Å². The van der Waals surface area contributed by atoms with E-state index in [0.717, 1.165) is 12.5 Å². The molecule has 0 spiro atoms. The largest absolute Gasteiger partial charge is 0.455 e. The number of esters is 1. The van der Waals surface area contributed by atoms with Gasteiger partial charge in [-0.1, -0.05) is 46.3 Å². The van der Waals surface area contributed by atoms with Crippen LogP contribution in [0.2, 0.25) is 0 Å². The normalized spacial score (nSPS) is 37.9. The Labute approximate surface area is 339 Å². The topological polar surface area (TPSA) is 194 Å². The van der Waals surface area contributed by atoms with E-state index in [1.165, 1.54) is 24.3 Å². The lowest BCUT2D eigenvalue weighted by Gasteiger charge is -2.47. The molecular formula is C41H59FN6O10. The van der Waals surface area contributed by atoms with Crippen molar-refractivity contribution in [3.05, 3.63) is 42.6 Å². The molecule has 2 aromatic rings. The Morgan fingerprint density at radius 2 is 1.83 bits per heavy atom. The molecule has 13 atom stereocenters. The first-order valence-corrected chi connectivity index (χ1v) is 20.0. The highest BCUT2D eigenvalue weighted by molar-refractivity contribution is 6.08. The van der Waals surface area contributed by atoms with Gasteiger partial charge in [0, 0.05) is 30.0 Å². The molecule has 2 N–H and O–H groups in total. The van der Waals surface area contributed by atoms with Gasteiger partial charge in [-0.15, -0.1) is 0 Å². The first kappa shape index (κ1) is 44.9. The number of rotatable bonds is 10. The SMILES string of the molecule is CCC[C@H]1OC(=O)[C@@](C)(F)C(=O)[C@H](C)[C@@H](O[C@@H]2O[C@H](C)C[C@H](N(C)C)[C@H]2O)[C@](C)(OC/C=C/c2ccc(-n3cncn3)nc2)C[C@@H](C)C(=O)[C@H](C)[C@@H]2NC(=O)O[C@]12C. The summed E-state index contributed by atoms with van der Waals surface area (Å²) in [5.74, 6) is -5.42. The maximum absolute atomic E-state index is 17.0. The van der Waals surface area contributed by atoms with Crippen LogP contribution in [0.1, 0.15) is 86.6 Å². The zero-order valence-electron chi connectivity index (χ0n) is 35.1. The number of hydrogen-bond acceptors (Lipinski definition) is 14. The van der Waals surface area contributed by atoms with Gasteiger partial charge < -0.3 is 39.0 Å². The summed E-state index contributed by atoms with van der Waals surface area (Å²) in [7, 11) is 3.63. The Kier molecular flexibility index (Phi) is 13.9. The Morgan fingerprint density at radius 3 is 2.45 bits per heavy atom.